The van der Waals surface area contributed by atoms with Crippen LogP contribution in [0.5, 0.6) is 0 Å². The Balaban J connectivity index is 2.56. The van der Waals surface area contributed by atoms with Crippen LogP contribution in [-0.4, -0.2) is 29.1 Å². The van der Waals surface area contributed by atoms with E-state index in [9.17, 15) is 4.79 Å². The molecular weight excluding hydrogens is 218 g/mol. The number of carbonyl (C=O) groups excluding carboxylic acids is 1. The zero-order chi connectivity index (χ0) is 12.3. The van der Waals surface area contributed by atoms with Crippen LogP contribution in [0.3, 0.4) is 0 Å². The molecule has 1 saturated heterocycles. The molecule has 1 heterocycles. The van der Waals surface area contributed by atoms with Crippen molar-refractivity contribution in [1.29, 1.82) is 0 Å². The van der Waals surface area contributed by atoms with Gasteiger partial charge in [-0.15, -0.1) is 0 Å². The van der Waals surface area contributed by atoms with Crippen LogP contribution in [0.2, 0.25) is 0 Å². The van der Waals surface area contributed by atoms with Crippen molar-refractivity contribution in [3.8, 4) is 0 Å². The molecule has 0 aliphatic carbocycles. The Morgan fingerprint density at radius 2 is 1.94 bits per heavy atom. The minimum absolute atomic E-state index is 0.161. The average molecular weight is 243 g/mol. The van der Waals surface area contributed by atoms with Crippen LogP contribution in [0.15, 0.2) is 0 Å². The summed E-state index contributed by atoms with van der Waals surface area (Å²) in [4.78, 5) is 13.8. The lowest BCUT2D eigenvalue weighted by molar-refractivity contribution is -0.130. The number of nitrogens with zero attached hydrogens (tertiary/aromatic N) is 1. The molecule has 0 radical (unpaired) electrons. The van der Waals surface area contributed by atoms with E-state index in [0.717, 1.165) is 31.8 Å². The van der Waals surface area contributed by atoms with Gasteiger partial charge in [-0.25, -0.2) is 0 Å². The number of likely N-dealkylation sites (tertiary alicyclic amines) is 1. The molecule has 2 atom stereocenters. The van der Waals surface area contributed by atoms with Crippen molar-refractivity contribution in [3.63, 3.8) is 0 Å². The Kier molecular flexibility index (Phi) is 4.72. The molecule has 1 aliphatic heterocycles. The Labute approximate surface area is 105 Å². The number of hydrogen-bond acceptors (Lipinski definition) is 2. The molecule has 0 bridgehead atoms. The van der Waals surface area contributed by atoms with Crippen LogP contribution < -0.4 is 0 Å². The summed E-state index contributed by atoms with van der Waals surface area (Å²) in [6, 6.07) is 0. The summed E-state index contributed by atoms with van der Waals surface area (Å²) in [6.07, 6.45) is 3.51. The Morgan fingerprint density at radius 3 is 2.44 bits per heavy atom. The molecule has 16 heavy (non-hydrogen) atoms. The maximum absolute atomic E-state index is 11.9. The highest BCUT2D eigenvalue weighted by Gasteiger charge is 2.28. The average Bonchev–Trinajstić information content (AvgIpc) is 2.40. The molecule has 0 aromatic rings. The number of hydrogen-bond donors (Lipinski definition) is 1. The van der Waals surface area contributed by atoms with Gasteiger partial charge >= 0.3 is 0 Å². The van der Waals surface area contributed by atoms with Gasteiger partial charge in [-0.1, -0.05) is 20.8 Å². The van der Waals surface area contributed by atoms with E-state index < -0.39 is 0 Å². The SMILES string of the molecule is CC(S)C(=O)N1CCCC(C(C)(C)C)CC1. The molecular formula is C13H25NOS. The van der Waals surface area contributed by atoms with E-state index in [4.69, 9.17) is 0 Å². The standard InChI is InChI=1S/C13H25NOS/c1-10(16)12(15)14-8-5-6-11(7-9-14)13(2,3)4/h10-11,16H,5-9H2,1-4H3. The molecule has 1 fully saturated rings. The summed E-state index contributed by atoms with van der Waals surface area (Å²) in [5.41, 5.74) is 0.367. The number of amides is 1. The van der Waals surface area contributed by atoms with Gasteiger partial charge in [-0.2, -0.15) is 12.6 Å². The van der Waals surface area contributed by atoms with E-state index in [1.807, 2.05) is 11.8 Å². The third-order valence-corrected chi connectivity index (χ3v) is 3.84. The summed E-state index contributed by atoms with van der Waals surface area (Å²) in [7, 11) is 0. The second kappa shape index (κ2) is 5.44. The Bertz CT molecular complexity index is 245. The van der Waals surface area contributed by atoms with Crippen molar-refractivity contribution in [2.45, 2.75) is 52.2 Å². The second-order valence-electron chi connectivity index (χ2n) is 6.00. The van der Waals surface area contributed by atoms with Gasteiger partial charge in [0.2, 0.25) is 5.91 Å². The first kappa shape index (κ1) is 13.9. The molecule has 2 nitrogen and oxygen atoms in total. The monoisotopic (exact) mass is 243 g/mol. The summed E-state index contributed by atoms with van der Waals surface area (Å²) < 4.78 is 0. The molecule has 0 aromatic heterocycles. The third-order valence-electron chi connectivity index (χ3n) is 3.62. The van der Waals surface area contributed by atoms with Crippen molar-refractivity contribution in [2.24, 2.45) is 11.3 Å². The predicted octanol–water partition coefficient (Wildman–Crippen LogP) is 2.98. The molecule has 0 N–H and O–H groups in total. The summed E-state index contributed by atoms with van der Waals surface area (Å²) in [5.74, 6) is 0.929. The van der Waals surface area contributed by atoms with Crippen LogP contribution >= 0.6 is 12.6 Å². The fourth-order valence-electron chi connectivity index (χ4n) is 2.45. The fraction of sp³-hybridized carbons (Fsp3) is 0.923. The van der Waals surface area contributed by atoms with Gasteiger partial charge in [0.15, 0.2) is 0 Å². The molecule has 0 saturated carbocycles. The van der Waals surface area contributed by atoms with Crippen molar-refractivity contribution < 1.29 is 4.79 Å². The van der Waals surface area contributed by atoms with E-state index in [1.165, 1.54) is 6.42 Å². The highest BCUT2D eigenvalue weighted by molar-refractivity contribution is 7.81. The molecule has 0 aromatic carbocycles. The molecule has 1 aliphatic rings. The molecule has 94 valence electrons. The summed E-state index contributed by atoms with van der Waals surface area (Å²) in [6.45, 7) is 10.6. The van der Waals surface area contributed by atoms with E-state index in [2.05, 4.69) is 33.4 Å². The van der Waals surface area contributed by atoms with Crippen molar-refractivity contribution in [2.75, 3.05) is 13.1 Å². The van der Waals surface area contributed by atoms with E-state index >= 15 is 0 Å². The minimum atomic E-state index is -0.161. The lowest BCUT2D eigenvalue weighted by Crippen LogP contribution is -2.36. The van der Waals surface area contributed by atoms with E-state index in [0.29, 0.717) is 5.41 Å². The molecule has 3 heteroatoms. The number of thiol groups is 1. The van der Waals surface area contributed by atoms with Gasteiger partial charge in [0.05, 0.1) is 5.25 Å². The molecule has 2 unspecified atom stereocenters. The first-order chi connectivity index (χ1) is 7.32. The Morgan fingerprint density at radius 1 is 1.31 bits per heavy atom. The van der Waals surface area contributed by atoms with Gasteiger partial charge in [-0.05, 0) is 37.5 Å². The zero-order valence-corrected chi connectivity index (χ0v) is 11.9. The summed E-state index contributed by atoms with van der Waals surface area (Å²) >= 11 is 4.23. The normalized spacial score (nSPS) is 25.1. The highest BCUT2D eigenvalue weighted by Crippen LogP contribution is 2.34. The molecule has 1 rings (SSSR count). The topological polar surface area (TPSA) is 20.3 Å². The molecule has 0 spiro atoms. The minimum Gasteiger partial charge on any atom is -0.342 e. The second-order valence-corrected chi connectivity index (χ2v) is 6.77. The lowest BCUT2D eigenvalue weighted by atomic mass is 9.77. The van der Waals surface area contributed by atoms with Crippen LogP contribution in [0.1, 0.15) is 47.0 Å². The smallest absolute Gasteiger partial charge is 0.235 e. The number of rotatable bonds is 1. The third kappa shape index (κ3) is 3.69. The van der Waals surface area contributed by atoms with Gasteiger partial charge in [0.1, 0.15) is 0 Å². The van der Waals surface area contributed by atoms with Gasteiger partial charge in [0.25, 0.3) is 0 Å². The van der Waals surface area contributed by atoms with Crippen molar-refractivity contribution in [1.82, 2.24) is 4.90 Å². The van der Waals surface area contributed by atoms with Crippen LogP contribution in [0, 0.1) is 11.3 Å². The maximum atomic E-state index is 11.9. The van der Waals surface area contributed by atoms with Crippen LogP contribution in [0.25, 0.3) is 0 Å². The van der Waals surface area contributed by atoms with Gasteiger partial charge in [-0.3, -0.25) is 4.79 Å². The first-order valence-corrected chi connectivity index (χ1v) is 6.81. The Hall–Kier alpha value is -0.180. The number of carbonyl (C=O) groups is 1. The van der Waals surface area contributed by atoms with Gasteiger partial charge in [0, 0.05) is 13.1 Å². The largest absolute Gasteiger partial charge is 0.342 e. The van der Waals surface area contributed by atoms with E-state index in [-0.39, 0.29) is 11.2 Å². The fourth-order valence-corrected chi connectivity index (χ4v) is 2.61. The van der Waals surface area contributed by atoms with E-state index in [1.54, 1.807) is 0 Å². The zero-order valence-electron chi connectivity index (χ0n) is 11.0. The molecule has 1 amide bonds. The van der Waals surface area contributed by atoms with Crippen LogP contribution in [-0.2, 0) is 4.79 Å². The predicted molar refractivity (Wildman–Crippen MR) is 71.8 cm³/mol. The van der Waals surface area contributed by atoms with Gasteiger partial charge < -0.3 is 4.90 Å². The van der Waals surface area contributed by atoms with Crippen molar-refractivity contribution in [3.05, 3.63) is 0 Å². The summed E-state index contributed by atoms with van der Waals surface area (Å²) in [5, 5.41) is -0.161. The van der Waals surface area contributed by atoms with Crippen LogP contribution in [0.4, 0.5) is 0 Å². The first-order valence-electron chi connectivity index (χ1n) is 6.29. The quantitative estimate of drug-likeness (QED) is 0.702. The van der Waals surface area contributed by atoms with Crippen molar-refractivity contribution >= 4 is 18.5 Å². The lowest BCUT2D eigenvalue weighted by Gasteiger charge is -2.29. The highest BCUT2D eigenvalue weighted by atomic mass is 32.1. The maximum Gasteiger partial charge on any atom is 0.235 e.